The number of carbonyl (C=O) groups excluding carboxylic acids is 1. The first-order valence-corrected chi connectivity index (χ1v) is 10.2. The van der Waals surface area contributed by atoms with Crippen LogP contribution >= 0.6 is 24.0 Å². The lowest BCUT2D eigenvalue weighted by Crippen LogP contribution is -2.54. The number of rotatable bonds is 8. The SMILES string of the molecule is CCNC(=NCc1ccc(F)c(COC)c1)N1CCN(CC(=O)NC(C)C)CC1.I. The Morgan fingerprint density at radius 2 is 1.97 bits per heavy atom. The number of carbonyl (C=O) groups is 1. The standard InChI is InChI=1S/C21H34FN5O2.HI/c1-5-23-21(24-13-17-6-7-19(22)18(12-17)15-29-4)27-10-8-26(9-11-27)14-20(28)25-16(2)3;/h6-7,12,16H,5,8-11,13-15H2,1-4H3,(H,23,24)(H,25,28);1H. The molecule has 1 fully saturated rings. The molecule has 0 atom stereocenters. The van der Waals surface area contributed by atoms with E-state index in [4.69, 9.17) is 9.73 Å². The average Bonchev–Trinajstić information content (AvgIpc) is 2.67. The Labute approximate surface area is 196 Å². The molecule has 0 spiro atoms. The van der Waals surface area contributed by atoms with Crippen molar-refractivity contribution in [3.63, 3.8) is 0 Å². The van der Waals surface area contributed by atoms with Gasteiger partial charge in [0.1, 0.15) is 5.82 Å². The third-order valence-corrected chi connectivity index (χ3v) is 4.64. The van der Waals surface area contributed by atoms with E-state index in [0.717, 1.165) is 44.2 Å². The topological polar surface area (TPSA) is 69.2 Å². The number of piperazine rings is 1. The lowest BCUT2D eigenvalue weighted by Gasteiger charge is -2.36. The number of amides is 1. The lowest BCUT2D eigenvalue weighted by atomic mass is 10.1. The first kappa shape index (κ1) is 26.6. The fourth-order valence-electron chi connectivity index (χ4n) is 3.27. The van der Waals surface area contributed by atoms with Crippen LogP contribution in [-0.2, 0) is 22.7 Å². The highest BCUT2D eigenvalue weighted by atomic mass is 127. The number of hydrogen-bond donors (Lipinski definition) is 2. The molecule has 0 aromatic heterocycles. The van der Waals surface area contributed by atoms with Crippen molar-refractivity contribution in [1.82, 2.24) is 20.4 Å². The van der Waals surface area contributed by atoms with E-state index < -0.39 is 0 Å². The summed E-state index contributed by atoms with van der Waals surface area (Å²) >= 11 is 0. The molecule has 0 saturated carbocycles. The van der Waals surface area contributed by atoms with Crippen molar-refractivity contribution in [2.24, 2.45) is 4.99 Å². The lowest BCUT2D eigenvalue weighted by molar-refractivity contribution is -0.123. The van der Waals surface area contributed by atoms with Gasteiger partial charge in [-0.1, -0.05) is 6.07 Å². The molecule has 1 saturated heterocycles. The van der Waals surface area contributed by atoms with Gasteiger partial charge in [0.2, 0.25) is 5.91 Å². The zero-order chi connectivity index (χ0) is 21.2. The normalized spacial score (nSPS) is 15.1. The molecule has 0 radical (unpaired) electrons. The van der Waals surface area contributed by atoms with Gasteiger partial charge in [-0.25, -0.2) is 9.38 Å². The van der Waals surface area contributed by atoms with E-state index in [1.54, 1.807) is 19.2 Å². The number of nitrogens with one attached hydrogen (secondary N) is 2. The van der Waals surface area contributed by atoms with E-state index in [-0.39, 0.29) is 48.3 Å². The summed E-state index contributed by atoms with van der Waals surface area (Å²) in [6.45, 7) is 11.1. The Morgan fingerprint density at radius 1 is 1.27 bits per heavy atom. The van der Waals surface area contributed by atoms with Crippen LogP contribution in [0.15, 0.2) is 23.2 Å². The van der Waals surface area contributed by atoms with Gasteiger partial charge in [-0.3, -0.25) is 9.69 Å². The van der Waals surface area contributed by atoms with Crippen molar-refractivity contribution in [2.45, 2.75) is 40.0 Å². The predicted octanol–water partition coefficient (Wildman–Crippen LogP) is 2.20. The van der Waals surface area contributed by atoms with Crippen molar-refractivity contribution in [3.8, 4) is 0 Å². The molecule has 30 heavy (non-hydrogen) atoms. The highest BCUT2D eigenvalue weighted by molar-refractivity contribution is 14.0. The third-order valence-electron chi connectivity index (χ3n) is 4.64. The maximum atomic E-state index is 13.8. The average molecular weight is 535 g/mol. The van der Waals surface area contributed by atoms with Gasteiger partial charge in [-0.05, 0) is 38.5 Å². The largest absolute Gasteiger partial charge is 0.380 e. The molecule has 1 heterocycles. The number of benzene rings is 1. The summed E-state index contributed by atoms with van der Waals surface area (Å²) in [5, 5.41) is 6.27. The summed E-state index contributed by atoms with van der Waals surface area (Å²) in [4.78, 5) is 21.1. The predicted molar refractivity (Wildman–Crippen MR) is 129 cm³/mol. The minimum atomic E-state index is -0.260. The van der Waals surface area contributed by atoms with Crippen molar-refractivity contribution in [3.05, 3.63) is 35.1 Å². The van der Waals surface area contributed by atoms with Gasteiger partial charge in [0.05, 0.1) is 19.7 Å². The molecular formula is C21H35FIN5O2. The number of aliphatic imine (C=N–C) groups is 1. The molecule has 1 aromatic rings. The second kappa shape index (κ2) is 13.8. The summed E-state index contributed by atoms with van der Waals surface area (Å²) < 4.78 is 18.8. The second-order valence-corrected chi connectivity index (χ2v) is 7.51. The minimum Gasteiger partial charge on any atom is -0.380 e. The Balaban J connectivity index is 0.00000450. The van der Waals surface area contributed by atoms with Crippen LogP contribution in [-0.4, -0.2) is 74.1 Å². The number of guanidine groups is 1. The van der Waals surface area contributed by atoms with Crippen molar-refractivity contribution < 1.29 is 13.9 Å². The van der Waals surface area contributed by atoms with Crippen LogP contribution in [0.1, 0.15) is 31.9 Å². The summed E-state index contributed by atoms with van der Waals surface area (Å²) in [6.07, 6.45) is 0. The van der Waals surface area contributed by atoms with Crippen LogP contribution in [0, 0.1) is 5.82 Å². The van der Waals surface area contributed by atoms with Gasteiger partial charge in [-0.15, -0.1) is 24.0 Å². The zero-order valence-corrected chi connectivity index (χ0v) is 20.7. The van der Waals surface area contributed by atoms with E-state index in [2.05, 4.69) is 20.4 Å². The van der Waals surface area contributed by atoms with Crippen LogP contribution in [0.4, 0.5) is 4.39 Å². The molecule has 0 unspecified atom stereocenters. The van der Waals surface area contributed by atoms with Gasteiger partial charge >= 0.3 is 0 Å². The first-order chi connectivity index (χ1) is 13.9. The molecule has 2 N–H and O–H groups in total. The number of methoxy groups -OCH3 is 1. The molecule has 7 nitrogen and oxygen atoms in total. The molecule has 170 valence electrons. The summed E-state index contributed by atoms with van der Waals surface area (Å²) in [5.74, 6) is 0.651. The second-order valence-electron chi connectivity index (χ2n) is 7.51. The van der Waals surface area contributed by atoms with Crippen LogP contribution < -0.4 is 10.6 Å². The first-order valence-electron chi connectivity index (χ1n) is 10.2. The number of hydrogen-bond acceptors (Lipinski definition) is 4. The smallest absolute Gasteiger partial charge is 0.234 e. The molecule has 1 aliphatic heterocycles. The summed E-state index contributed by atoms with van der Waals surface area (Å²) in [5.41, 5.74) is 1.48. The van der Waals surface area contributed by atoms with Gasteiger partial charge < -0.3 is 20.3 Å². The van der Waals surface area contributed by atoms with Gasteiger partial charge in [0.25, 0.3) is 0 Å². The Kier molecular flexibility index (Phi) is 12.2. The molecule has 9 heteroatoms. The Bertz CT molecular complexity index is 694. The molecule has 0 bridgehead atoms. The molecule has 1 aliphatic rings. The molecule has 1 amide bonds. The Morgan fingerprint density at radius 3 is 2.57 bits per heavy atom. The van der Waals surface area contributed by atoms with E-state index in [1.807, 2.05) is 20.8 Å². The van der Waals surface area contributed by atoms with Crippen LogP contribution in [0.25, 0.3) is 0 Å². The van der Waals surface area contributed by atoms with E-state index in [0.29, 0.717) is 18.7 Å². The molecule has 0 aliphatic carbocycles. The van der Waals surface area contributed by atoms with Crippen LogP contribution in [0.5, 0.6) is 0 Å². The van der Waals surface area contributed by atoms with E-state index in [9.17, 15) is 9.18 Å². The van der Waals surface area contributed by atoms with Crippen molar-refractivity contribution >= 4 is 35.8 Å². The van der Waals surface area contributed by atoms with Crippen LogP contribution in [0.2, 0.25) is 0 Å². The fraction of sp³-hybridized carbons (Fsp3) is 0.619. The minimum absolute atomic E-state index is 0. The van der Waals surface area contributed by atoms with Gasteiger partial charge in [0.15, 0.2) is 5.96 Å². The fourth-order valence-corrected chi connectivity index (χ4v) is 3.27. The summed E-state index contributed by atoms with van der Waals surface area (Å²) in [7, 11) is 1.56. The summed E-state index contributed by atoms with van der Waals surface area (Å²) in [6, 6.07) is 5.18. The van der Waals surface area contributed by atoms with Crippen molar-refractivity contribution in [1.29, 1.82) is 0 Å². The van der Waals surface area contributed by atoms with Gasteiger partial charge in [0, 0.05) is 51.4 Å². The van der Waals surface area contributed by atoms with E-state index >= 15 is 0 Å². The molecule has 1 aromatic carbocycles. The molecule has 2 rings (SSSR count). The molecular weight excluding hydrogens is 500 g/mol. The quantitative estimate of drug-likeness (QED) is 0.304. The Hall–Kier alpha value is -1.46. The third kappa shape index (κ3) is 8.73. The van der Waals surface area contributed by atoms with E-state index in [1.165, 1.54) is 6.07 Å². The van der Waals surface area contributed by atoms with Gasteiger partial charge in [-0.2, -0.15) is 0 Å². The monoisotopic (exact) mass is 535 g/mol. The van der Waals surface area contributed by atoms with Crippen molar-refractivity contribution in [2.75, 3.05) is 46.4 Å². The highest BCUT2D eigenvalue weighted by Gasteiger charge is 2.21. The number of ether oxygens (including phenoxy) is 1. The highest BCUT2D eigenvalue weighted by Crippen LogP contribution is 2.13. The maximum Gasteiger partial charge on any atom is 0.234 e. The number of nitrogens with zero attached hydrogens (tertiary/aromatic N) is 3. The number of halogens is 2. The van der Waals surface area contributed by atoms with Crippen LogP contribution in [0.3, 0.4) is 0 Å². The zero-order valence-electron chi connectivity index (χ0n) is 18.4. The maximum absolute atomic E-state index is 13.8.